The second-order valence-electron chi connectivity index (χ2n) is 6.99. The molecule has 1 fully saturated rings. The first kappa shape index (κ1) is 28.9. The Hall–Kier alpha value is -3.11. The van der Waals surface area contributed by atoms with Crippen molar-refractivity contribution in [2.24, 2.45) is 0 Å². The number of nitrogens with one attached hydrogen (secondary N) is 1. The molecule has 34 heavy (non-hydrogen) atoms. The second-order valence-corrected chi connectivity index (χ2v) is 8.02. The molecule has 0 saturated carbocycles. The van der Waals surface area contributed by atoms with E-state index in [2.05, 4.69) is 40.4 Å². The molecule has 0 unspecified atom stereocenters. The Morgan fingerprint density at radius 1 is 1.21 bits per heavy atom. The maximum atomic E-state index is 13.9. The molecule has 186 valence electrons. The van der Waals surface area contributed by atoms with Gasteiger partial charge in [-0.2, -0.15) is 0 Å². The van der Waals surface area contributed by atoms with Gasteiger partial charge < -0.3 is 25.0 Å². The summed E-state index contributed by atoms with van der Waals surface area (Å²) in [7, 11) is 1.89. The number of amides is 1. The zero-order valence-electron chi connectivity index (χ0n) is 20.3. The maximum absolute atomic E-state index is 13.9. The summed E-state index contributed by atoms with van der Waals surface area (Å²) in [5.74, 6) is -0.0530. The Bertz CT molecular complexity index is 1010. The van der Waals surface area contributed by atoms with Crippen molar-refractivity contribution in [3.8, 4) is 0 Å². The highest BCUT2D eigenvalue weighted by Gasteiger charge is 2.19. The summed E-state index contributed by atoms with van der Waals surface area (Å²) < 4.78 is 15.1. The number of benzene rings is 1. The molecule has 1 saturated heterocycles. The number of hydrogen-bond donors (Lipinski definition) is 2. The summed E-state index contributed by atoms with van der Waals surface area (Å²) in [6.07, 6.45) is 2.80. The average molecular weight is 492 g/mol. The molecular formula is C24H34FN5O3S. The van der Waals surface area contributed by atoms with E-state index in [9.17, 15) is 9.18 Å². The third-order valence-corrected chi connectivity index (χ3v) is 5.84. The molecule has 0 spiro atoms. The Morgan fingerprint density at radius 2 is 1.88 bits per heavy atom. The first-order valence-corrected chi connectivity index (χ1v) is 11.9. The van der Waals surface area contributed by atoms with E-state index < -0.39 is 0 Å². The van der Waals surface area contributed by atoms with E-state index in [-0.39, 0.29) is 12.4 Å². The van der Waals surface area contributed by atoms with Crippen LogP contribution in [0.1, 0.15) is 25.0 Å². The van der Waals surface area contributed by atoms with Crippen molar-refractivity contribution in [1.29, 1.82) is 0 Å². The van der Waals surface area contributed by atoms with Gasteiger partial charge in [0.05, 0.1) is 10.2 Å². The number of fused-ring (bicyclic) bond motifs is 1. The molecule has 2 aromatic heterocycles. The zero-order chi connectivity index (χ0) is 25.5. The molecule has 0 radical (unpaired) electrons. The van der Waals surface area contributed by atoms with Crippen LogP contribution in [0.25, 0.3) is 10.2 Å². The van der Waals surface area contributed by atoms with Crippen molar-refractivity contribution < 1.29 is 19.1 Å². The molecule has 3 aromatic rings. The minimum atomic E-state index is -0.375. The smallest absolute Gasteiger partial charge is 0.209 e. The molecule has 10 heteroatoms. The van der Waals surface area contributed by atoms with Crippen LogP contribution in [-0.2, 0) is 16.0 Å². The van der Waals surface area contributed by atoms with E-state index >= 15 is 0 Å². The van der Waals surface area contributed by atoms with Crippen LogP contribution in [0.15, 0.2) is 30.5 Å². The van der Waals surface area contributed by atoms with Gasteiger partial charge in [0.15, 0.2) is 16.8 Å². The van der Waals surface area contributed by atoms with E-state index in [1.807, 2.05) is 32.6 Å². The number of aryl methyl sites for hydroxylation is 1. The summed E-state index contributed by atoms with van der Waals surface area (Å²) in [5.41, 5.74) is 3.05. The number of piperazine rings is 1. The third-order valence-electron chi connectivity index (χ3n) is 4.80. The number of pyridine rings is 1. The van der Waals surface area contributed by atoms with Crippen molar-refractivity contribution in [1.82, 2.24) is 14.9 Å². The van der Waals surface area contributed by atoms with Crippen molar-refractivity contribution >= 4 is 45.7 Å². The Kier molecular flexibility index (Phi) is 13.3. The fourth-order valence-corrected chi connectivity index (χ4v) is 4.06. The van der Waals surface area contributed by atoms with Gasteiger partial charge in [-0.3, -0.25) is 4.79 Å². The summed E-state index contributed by atoms with van der Waals surface area (Å²) in [6.45, 7) is 10.4. The highest BCUT2D eigenvalue weighted by atomic mass is 32.1. The summed E-state index contributed by atoms with van der Waals surface area (Å²) in [6, 6.07) is 7.71. The molecule has 1 amide bonds. The lowest BCUT2D eigenvalue weighted by Crippen LogP contribution is -2.46. The van der Waals surface area contributed by atoms with Crippen LogP contribution < -0.4 is 10.2 Å². The van der Waals surface area contributed by atoms with E-state index in [0.29, 0.717) is 44.0 Å². The highest BCUT2D eigenvalue weighted by Crippen LogP contribution is 2.26. The lowest BCUT2D eigenvalue weighted by molar-refractivity contribution is -0.118. The number of aromatic nitrogens is 2. The second kappa shape index (κ2) is 15.7. The van der Waals surface area contributed by atoms with Gasteiger partial charge in [-0.15, -0.1) is 0 Å². The number of hydrogen-bond acceptors (Lipinski definition) is 8. The fraction of sp³-hybridized carbons (Fsp3) is 0.417. The first-order chi connectivity index (χ1) is 16.5. The molecule has 1 aliphatic rings. The number of carbonyl (C=O) groups is 2. The summed E-state index contributed by atoms with van der Waals surface area (Å²) in [4.78, 5) is 30.6. The van der Waals surface area contributed by atoms with Gasteiger partial charge in [-0.05, 0) is 42.7 Å². The SMILES string of the molecule is C=O.CC.CNc1nc2ccc(C)cc2s1.O=CN1CCN(c2ncc(CCO)cc2F)CC1. The molecule has 3 heterocycles. The lowest BCUT2D eigenvalue weighted by atomic mass is 10.2. The molecule has 4 rings (SSSR count). The van der Waals surface area contributed by atoms with Gasteiger partial charge in [0.1, 0.15) is 6.79 Å². The van der Waals surface area contributed by atoms with Crippen LogP contribution >= 0.6 is 11.3 Å². The number of thiazole rings is 1. The predicted octanol–water partition coefficient (Wildman–Crippen LogP) is 3.52. The quantitative estimate of drug-likeness (QED) is 0.527. The number of anilines is 2. The largest absolute Gasteiger partial charge is 0.396 e. The van der Waals surface area contributed by atoms with Gasteiger partial charge in [0, 0.05) is 46.0 Å². The first-order valence-electron chi connectivity index (χ1n) is 11.1. The molecule has 8 nitrogen and oxygen atoms in total. The number of carbonyl (C=O) groups excluding carboxylic acids is 2. The summed E-state index contributed by atoms with van der Waals surface area (Å²) >= 11 is 1.69. The molecule has 2 N–H and O–H groups in total. The van der Waals surface area contributed by atoms with Gasteiger partial charge in [-0.25, -0.2) is 14.4 Å². The minimum absolute atomic E-state index is 0.0154. The number of rotatable bonds is 5. The van der Waals surface area contributed by atoms with Crippen LogP contribution in [0.5, 0.6) is 0 Å². The molecule has 0 aliphatic carbocycles. The Balaban J connectivity index is 0.000000313. The number of halogens is 1. The molecular weight excluding hydrogens is 457 g/mol. The van der Waals surface area contributed by atoms with E-state index in [1.54, 1.807) is 22.4 Å². The van der Waals surface area contributed by atoms with Gasteiger partial charge in [-0.1, -0.05) is 31.3 Å². The molecule has 0 atom stereocenters. The number of aliphatic hydroxyl groups is 1. The standard InChI is InChI=1S/C12H16FN3O2.C9H10N2S.C2H6.CH2O/c13-11-7-10(1-6-17)8-14-12(11)16-4-2-15(9-18)3-5-16;1-6-3-4-7-8(5-6)12-9(10-2)11-7;2*1-2/h7-9,17H,1-6H2;3-5H,1-2H3,(H,10,11);1-2H3;1H2. The van der Waals surface area contributed by atoms with Crippen LogP contribution in [0.2, 0.25) is 0 Å². The molecule has 0 bridgehead atoms. The molecule has 1 aliphatic heterocycles. The van der Waals surface area contributed by atoms with Gasteiger partial charge >= 0.3 is 0 Å². The van der Waals surface area contributed by atoms with E-state index in [0.717, 1.165) is 17.1 Å². The van der Waals surface area contributed by atoms with E-state index in [4.69, 9.17) is 9.90 Å². The van der Waals surface area contributed by atoms with Crippen molar-refractivity contribution in [2.75, 3.05) is 50.1 Å². The van der Waals surface area contributed by atoms with Crippen molar-refractivity contribution in [2.45, 2.75) is 27.2 Å². The monoisotopic (exact) mass is 491 g/mol. The number of aliphatic hydroxyl groups excluding tert-OH is 1. The topological polar surface area (TPSA) is 98.7 Å². The predicted molar refractivity (Wildman–Crippen MR) is 137 cm³/mol. The zero-order valence-corrected chi connectivity index (χ0v) is 21.1. The van der Waals surface area contributed by atoms with Crippen LogP contribution in [0.3, 0.4) is 0 Å². The minimum Gasteiger partial charge on any atom is -0.396 e. The average Bonchev–Trinajstić information content (AvgIpc) is 3.30. The van der Waals surface area contributed by atoms with Crippen LogP contribution in [0.4, 0.5) is 15.3 Å². The van der Waals surface area contributed by atoms with Crippen molar-refractivity contribution in [3.05, 3.63) is 47.4 Å². The van der Waals surface area contributed by atoms with Crippen molar-refractivity contribution in [3.63, 3.8) is 0 Å². The fourth-order valence-electron chi connectivity index (χ4n) is 3.15. The van der Waals surface area contributed by atoms with Gasteiger partial charge in [0.2, 0.25) is 6.41 Å². The number of nitrogens with zero attached hydrogens (tertiary/aromatic N) is 4. The Morgan fingerprint density at radius 3 is 2.44 bits per heavy atom. The lowest BCUT2D eigenvalue weighted by Gasteiger charge is -2.33. The normalized spacial score (nSPS) is 12.4. The van der Waals surface area contributed by atoms with Gasteiger partial charge in [0.25, 0.3) is 0 Å². The van der Waals surface area contributed by atoms with E-state index in [1.165, 1.54) is 16.3 Å². The van der Waals surface area contributed by atoms with Crippen LogP contribution in [-0.4, -0.2) is 73.0 Å². The summed E-state index contributed by atoms with van der Waals surface area (Å²) in [5, 5.41) is 12.8. The van der Waals surface area contributed by atoms with Crippen LogP contribution in [0, 0.1) is 12.7 Å². The molecule has 1 aromatic carbocycles. The third kappa shape index (κ3) is 8.35. The Labute approximate surface area is 204 Å². The highest BCUT2D eigenvalue weighted by molar-refractivity contribution is 7.22. The maximum Gasteiger partial charge on any atom is 0.209 e.